The van der Waals surface area contributed by atoms with Gasteiger partial charge >= 0.3 is 0 Å². The van der Waals surface area contributed by atoms with Gasteiger partial charge in [0.2, 0.25) is 10.0 Å². The molecular formula is C15H24N2O2S. The van der Waals surface area contributed by atoms with Crippen molar-refractivity contribution in [2.24, 2.45) is 5.73 Å². The Kier molecular flexibility index (Phi) is 5.18. The maximum Gasteiger partial charge on any atom is 0.217 e. The van der Waals surface area contributed by atoms with E-state index < -0.39 is 10.0 Å². The van der Waals surface area contributed by atoms with E-state index in [0.717, 1.165) is 43.2 Å². The van der Waals surface area contributed by atoms with Gasteiger partial charge in [-0.1, -0.05) is 43.5 Å². The molecule has 1 aromatic carbocycles. The molecule has 0 radical (unpaired) electrons. The van der Waals surface area contributed by atoms with Gasteiger partial charge < -0.3 is 5.73 Å². The molecule has 2 N–H and O–H groups in total. The third-order valence-electron chi connectivity index (χ3n) is 4.04. The molecule has 0 heterocycles. The number of rotatable bonds is 5. The van der Waals surface area contributed by atoms with Crippen LogP contribution in [0, 0.1) is 0 Å². The van der Waals surface area contributed by atoms with Crippen LogP contribution in [0.3, 0.4) is 0 Å². The molecular weight excluding hydrogens is 272 g/mol. The van der Waals surface area contributed by atoms with E-state index in [-0.39, 0.29) is 5.25 Å². The number of benzene rings is 1. The quantitative estimate of drug-likeness (QED) is 0.906. The molecule has 0 atom stereocenters. The lowest BCUT2D eigenvalue weighted by Gasteiger charge is -2.27. The third kappa shape index (κ3) is 3.59. The van der Waals surface area contributed by atoms with Crippen molar-refractivity contribution in [3.63, 3.8) is 0 Å². The van der Waals surface area contributed by atoms with Crippen LogP contribution < -0.4 is 5.73 Å². The molecule has 5 heteroatoms. The Labute approximate surface area is 122 Å². The second-order valence-corrected chi connectivity index (χ2v) is 7.91. The van der Waals surface area contributed by atoms with Crippen LogP contribution in [0.1, 0.15) is 43.2 Å². The molecule has 1 fully saturated rings. The largest absolute Gasteiger partial charge is 0.326 e. The highest BCUT2D eigenvalue weighted by atomic mass is 32.2. The molecule has 112 valence electrons. The van der Waals surface area contributed by atoms with Crippen molar-refractivity contribution in [2.75, 3.05) is 7.05 Å². The summed E-state index contributed by atoms with van der Waals surface area (Å²) >= 11 is 0. The Morgan fingerprint density at radius 2 is 1.85 bits per heavy atom. The van der Waals surface area contributed by atoms with E-state index in [1.54, 1.807) is 7.05 Å². The summed E-state index contributed by atoms with van der Waals surface area (Å²) in [4.78, 5) is 0. The maximum atomic E-state index is 12.5. The molecule has 0 bridgehead atoms. The molecule has 20 heavy (non-hydrogen) atoms. The molecule has 0 aliphatic heterocycles. The first-order chi connectivity index (χ1) is 9.54. The van der Waals surface area contributed by atoms with E-state index in [4.69, 9.17) is 5.73 Å². The number of nitrogens with two attached hydrogens (primary N) is 1. The smallest absolute Gasteiger partial charge is 0.217 e. The van der Waals surface area contributed by atoms with Gasteiger partial charge in [0.1, 0.15) is 0 Å². The summed E-state index contributed by atoms with van der Waals surface area (Å²) in [5, 5.41) is -0.195. The Morgan fingerprint density at radius 1 is 1.20 bits per heavy atom. The summed E-state index contributed by atoms with van der Waals surface area (Å²) in [5.74, 6) is 0. The van der Waals surface area contributed by atoms with E-state index in [2.05, 4.69) is 0 Å². The number of sulfonamides is 1. The van der Waals surface area contributed by atoms with Crippen LogP contribution in [0.4, 0.5) is 0 Å². The lowest BCUT2D eigenvalue weighted by atomic mass is 10.0. The standard InChI is InChI=1S/C15H24N2O2S/c1-17(12-14-7-5-6-13(10-14)11-16)20(18,19)15-8-3-2-4-9-15/h5-7,10,15H,2-4,8-9,11-12,16H2,1H3. The minimum absolute atomic E-state index is 0.195. The fourth-order valence-electron chi connectivity index (χ4n) is 2.82. The van der Waals surface area contributed by atoms with Crippen LogP contribution in [0.15, 0.2) is 24.3 Å². The van der Waals surface area contributed by atoms with E-state index in [9.17, 15) is 8.42 Å². The molecule has 1 aliphatic carbocycles. The monoisotopic (exact) mass is 296 g/mol. The average Bonchev–Trinajstić information content (AvgIpc) is 2.48. The molecule has 4 nitrogen and oxygen atoms in total. The molecule has 2 rings (SSSR count). The highest BCUT2D eigenvalue weighted by molar-refractivity contribution is 7.89. The first-order valence-corrected chi connectivity index (χ1v) is 8.77. The molecule has 0 spiro atoms. The molecule has 1 aliphatic rings. The summed E-state index contributed by atoms with van der Waals surface area (Å²) in [6, 6.07) is 7.82. The fourth-order valence-corrected chi connectivity index (χ4v) is 4.59. The van der Waals surface area contributed by atoms with Crippen molar-refractivity contribution in [1.29, 1.82) is 0 Å². The van der Waals surface area contributed by atoms with Crippen LogP contribution in [-0.2, 0) is 23.1 Å². The van der Waals surface area contributed by atoms with Crippen LogP contribution >= 0.6 is 0 Å². The third-order valence-corrected chi connectivity index (χ3v) is 6.35. The SMILES string of the molecule is CN(Cc1cccc(CN)c1)S(=O)(=O)C1CCCCC1. The molecule has 0 amide bonds. The van der Waals surface area contributed by atoms with Gasteiger partial charge in [-0.3, -0.25) is 0 Å². The number of hydrogen-bond acceptors (Lipinski definition) is 3. The molecule has 0 aromatic heterocycles. The Bertz CT molecular complexity index is 537. The lowest BCUT2D eigenvalue weighted by molar-refractivity contribution is 0.422. The van der Waals surface area contributed by atoms with Crippen molar-refractivity contribution in [2.45, 2.75) is 50.4 Å². The van der Waals surface area contributed by atoms with E-state index in [0.29, 0.717) is 13.1 Å². The summed E-state index contributed by atoms with van der Waals surface area (Å²) in [6.07, 6.45) is 4.82. The van der Waals surface area contributed by atoms with Gasteiger partial charge in [0.05, 0.1) is 5.25 Å². The molecule has 0 saturated heterocycles. The Hall–Kier alpha value is -0.910. The van der Waals surface area contributed by atoms with Gasteiger partial charge in [-0.2, -0.15) is 0 Å². The summed E-state index contributed by atoms with van der Waals surface area (Å²) in [6.45, 7) is 0.902. The van der Waals surface area contributed by atoms with Crippen LogP contribution in [0.25, 0.3) is 0 Å². The first-order valence-electron chi connectivity index (χ1n) is 7.27. The minimum Gasteiger partial charge on any atom is -0.326 e. The van der Waals surface area contributed by atoms with Crippen LogP contribution in [0.2, 0.25) is 0 Å². The average molecular weight is 296 g/mol. The molecule has 0 unspecified atom stereocenters. The summed E-state index contributed by atoms with van der Waals surface area (Å²) < 4.78 is 26.6. The zero-order chi connectivity index (χ0) is 14.6. The minimum atomic E-state index is -3.18. The normalized spacial score (nSPS) is 17.6. The van der Waals surface area contributed by atoms with Crippen molar-refractivity contribution in [1.82, 2.24) is 4.31 Å². The Balaban J connectivity index is 2.07. The zero-order valence-corrected chi connectivity index (χ0v) is 12.9. The van der Waals surface area contributed by atoms with Gasteiger partial charge in [-0.25, -0.2) is 12.7 Å². The van der Waals surface area contributed by atoms with Gasteiger partial charge in [0.25, 0.3) is 0 Å². The van der Waals surface area contributed by atoms with Crippen molar-refractivity contribution >= 4 is 10.0 Å². The second-order valence-electron chi connectivity index (χ2n) is 5.59. The van der Waals surface area contributed by atoms with Gasteiger partial charge in [-0.15, -0.1) is 0 Å². The van der Waals surface area contributed by atoms with Crippen LogP contribution in [0.5, 0.6) is 0 Å². The van der Waals surface area contributed by atoms with E-state index in [1.807, 2.05) is 24.3 Å². The fraction of sp³-hybridized carbons (Fsp3) is 0.600. The topological polar surface area (TPSA) is 63.4 Å². The van der Waals surface area contributed by atoms with Crippen molar-refractivity contribution < 1.29 is 8.42 Å². The predicted molar refractivity (Wildman–Crippen MR) is 81.6 cm³/mol. The Morgan fingerprint density at radius 3 is 2.50 bits per heavy atom. The second kappa shape index (κ2) is 6.70. The van der Waals surface area contributed by atoms with Gasteiger partial charge in [0.15, 0.2) is 0 Å². The van der Waals surface area contributed by atoms with E-state index in [1.165, 1.54) is 4.31 Å². The summed E-state index contributed by atoms with van der Waals surface area (Å²) in [7, 11) is -1.50. The van der Waals surface area contributed by atoms with Crippen molar-refractivity contribution in [3.8, 4) is 0 Å². The van der Waals surface area contributed by atoms with Gasteiger partial charge in [0, 0.05) is 20.1 Å². The first kappa shape index (κ1) is 15.5. The highest BCUT2D eigenvalue weighted by Crippen LogP contribution is 2.26. The zero-order valence-electron chi connectivity index (χ0n) is 12.1. The number of hydrogen-bond donors (Lipinski definition) is 1. The molecule has 1 saturated carbocycles. The highest BCUT2D eigenvalue weighted by Gasteiger charge is 2.30. The maximum absolute atomic E-state index is 12.5. The summed E-state index contributed by atoms with van der Waals surface area (Å²) in [5.41, 5.74) is 7.65. The molecule has 1 aromatic rings. The van der Waals surface area contributed by atoms with E-state index >= 15 is 0 Å². The van der Waals surface area contributed by atoms with Gasteiger partial charge in [-0.05, 0) is 24.0 Å². The van der Waals surface area contributed by atoms with Crippen LogP contribution in [-0.4, -0.2) is 25.0 Å². The number of nitrogens with zero attached hydrogens (tertiary/aromatic N) is 1. The lowest BCUT2D eigenvalue weighted by Crippen LogP contribution is -2.36. The van der Waals surface area contributed by atoms with Crippen molar-refractivity contribution in [3.05, 3.63) is 35.4 Å². The predicted octanol–water partition coefficient (Wildman–Crippen LogP) is 2.24.